The minimum Gasteiger partial charge on any atom is -0.383 e. The summed E-state index contributed by atoms with van der Waals surface area (Å²) in [5.41, 5.74) is 8.15. The van der Waals surface area contributed by atoms with Crippen molar-refractivity contribution in [3.63, 3.8) is 0 Å². The Balaban J connectivity index is 1.48. The van der Waals surface area contributed by atoms with Gasteiger partial charge in [0.25, 0.3) is 0 Å². The third kappa shape index (κ3) is 6.89. The number of pyridine rings is 1. The molecule has 0 bridgehead atoms. The highest BCUT2D eigenvalue weighted by Crippen LogP contribution is 2.20. The van der Waals surface area contributed by atoms with Crippen molar-refractivity contribution in [3.8, 4) is 0 Å². The number of rotatable bonds is 11. The molecule has 1 heterocycles. The number of carbonyl (C=O) groups excluding carboxylic acids is 2. The summed E-state index contributed by atoms with van der Waals surface area (Å²) in [5.74, 6) is 0.389. The van der Waals surface area contributed by atoms with Crippen LogP contribution in [0.5, 0.6) is 0 Å². The van der Waals surface area contributed by atoms with Crippen LogP contribution in [0.4, 0.5) is 5.82 Å². The van der Waals surface area contributed by atoms with Gasteiger partial charge in [-0.3, -0.25) is 9.59 Å². The molecule has 0 spiro atoms. The minimum atomic E-state index is -0.331. The Hall–Kier alpha value is -3.25. The molecule has 0 aliphatic heterocycles. The smallest absolute Gasteiger partial charge is 0.237 e. The van der Waals surface area contributed by atoms with E-state index in [-0.39, 0.29) is 30.3 Å². The highest BCUT2D eigenvalue weighted by molar-refractivity contribution is 5.91. The Morgan fingerprint density at radius 1 is 1.00 bits per heavy atom. The predicted octanol–water partition coefficient (Wildman–Crippen LogP) is 3.43. The van der Waals surface area contributed by atoms with E-state index in [0.29, 0.717) is 25.1 Å². The van der Waals surface area contributed by atoms with Gasteiger partial charge in [-0.25, -0.2) is 4.98 Å². The first-order chi connectivity index (χ1) is 15.4. The van der Waals surface area contributed by atoms with Crippen LogP contribution in [-0.4, -0.2) is 35.3 Å². The topological polar surface area (TPSA) is 97.1 Å². The van der Waals surface area contributed by atoms with Crippen LogP contribution in [0.25, 0.3) is 10.8 Å². The van der Waals surface area contributed by atoms with Crippen LogP contribution in [0.15, 0.2) is 60.8 Å². The van der Waals surface area contributed by atoms with E-state index in [4.69, 9.17) is 5.73 Å². The van der Waals surface area contributed by atoms with Gasteiger partial charge >= 0.3 is 0 Å². The van der Waals surface area contributed by atoms with E-state index in [1.807, 2.05) is 56.3 Å². The number of ketones is 1. The number of nitrogen functional groups attached to an aromatic ring is 1. The number of nitrogens with zero attached hydrogens (tertiary/aromatic N) is 1. The van der Waals surface area contributed by atoms with Gasteiger partial charge in [-0.2, -0.15) is 0 Å². The summed E-state index contributed by atoms with van der Waals surface area (Å²) >= 11 is 0. The van der Waals surface area contributed by atoms with Gasteiger partial charge in [0.15, 0.2) is 5.78 Å². The standard InChI is InChI=1S/C26H32N4O2/c1-18(2)30-24(13-10-19-6-4-3-5-7-19)26(32)29-17-22(31)11-8-20-9-12-23-21(16-20)14-15-28-25(23)27/h3-7,9,12,14-16,18,24,30H,8,10-11,13,17H2,1-2H3,(H2,27,28)(H,29,32)/t24-/m1/s1. The number of carbonyl (C=O) groups is 2. The molecule has 0 fully saturated rings. The van der Waals surface area contributed by atoms with Gasteiger partial charge in [0, 0.05) is 24.0 Å². The van der Waals surface area contributed by atoms with Gasteiger partial charge in [-0.05, 0) is 41.8 Å². The van der Waals surface area contributed by atoms with E-state index in [1.54, 1.807) is 6.20 Å². The number of hydrogen-bond acceptors (Lipinski definition) is 5. The Morgan fingerprint density at radius 3 is 2.53 bits per heavy atom. The van der Waals surface area contributed by atoms with Crippen molar-refractivity contribution in [1.82, 2.24) is 15.6 Å². The van der Waals surface area contributed by atoms with Crippen LogP contribution in [0.3, 0.4) is 0 Å². The number of benzene rings is 2. The molecule has 0 saturated carbocycles. The van der Waals surface area contributed by atoms with Crippen LogP contribution < -0.4 is 16.4 Å². The van der Waals surface area contributed by atoms with Crippen LogP contribution in [-0.2, 0) is 22.4 Å². The van der Waals surface area contributed by atoms with Gasteiger partial charge in [-0.15, -0.1) is 0 Å². The fraction of sp³-hybridized carbons (Fsp3) is 0.346. The molecule has 3 rings (SSSR count). The van der Waals surface area contributed by atoms with Gasteiger partial charge in [0.05, 0.1) is 12.6 Å². The summed E-state index contributed by atoms with van der Waals surface area (Å²) in [4.78, 5) is 29.2. The highest BCUT2D eigenvalue weighted by atomic mass is 16.2. The molecule has 1 amide bonds. The van der Waals surface area contributed by atoms with E-state index in [9.17, 15) is 9.59 Å². The lowest BCUT2D eigenvalue weighted by Crippen LogP contribution is -2.48. The van der Waals surface area contributed by atoms with Gasteiger partial charge < -0.3 is 16.4 Å². The molecule has 4 N–H and O–H groups in total. The summed E-state index contributed by atoms with van der Waals surface area (Å²) < 4.78 is 0. The number of fused-ring (bicyclic) bond motifs is 1. The number of aromatic nitrogens is 1. The summed E-state index contributed by atoms with van der Waals surface area (Å²) in [7, 11) is 0. The maximum absolute atomic E-state index is 12.7. The second-order valence-corrected chi connectivity index (χ2v) is 8.41. The average Bonchev–Trinajstić information content (AvgIpc) is 2.79. The average molecular weight is 433 g/mol. The number of hydrogen-bond donors (Lipinski definition) is 3. The molecule has 0 aliphatic rings. The Morgan fingerprint density at radius 2 is 1.78 bits per heavy atom. The maximum atomic E-state index is 12.7. The summed E-state index contributed by atoms with van der Waals surface area (Å²) in [6.07, 6.45) is 4.15. The molecule has 3 aromatic rings. The van der Waals surface area contributed by atoms with Gasteiger partial charge in [0.1, 0.15) is 5.82 Å². The van der Waals surface area contributed by atoms with Crippen molar-refractivity contribution in [2.24, 2.45) is 0 Å². The first kappa shape index (κ1) is 23.4. The molecule has 168 valence electrons. The van der Waals surface area contributed by atoms with Gasteiger partial charge in [-0.1, -0.05) is 62.4 Å². The molecule has 0 saturated heterocycles. The van der Waals surface area contributed by atoms with Crippen molar-refractivity contribution in [2.75, 3.05) is 12.3 Å². The normalized spacial score (nSPS) is 12.1. The number of nitrogens with two attached hydrogens (primary N) is 1. The van der Waals surface area contributed by atoms with Crippen LogP contribution >= 0.6 is 0 Å². The zero-order chi connectivity index (χ0) is 22.9. The summed E-state index contributed by atoms with van der Waals surface area (Å²) in [5, 5.41) is 8.06. The fourth-order valence-electron chi connectivity index (χ4n) is 3.74. The number of anilines is 1. The van der Waals surface area contributed by atoms with Crippen molar-refractivity contribution < 1.29 is 9.59 Å². The van der Waals surface area contributed by atoms with Crippen LogP contribution in [0.2, 0.25) is 0 Å². The molecule has 6 nitrogen and oxygen atoms in total. The first-order valence-electron chi connectivity index (χ1n) is 11.1. The Labute approximate surface area is 189 Å². The van der Waals surface area contributed by atoms with E-state index in [2.05, 4.69) is 27.8 Å². The third-order valence-corrected chi connectivity index (χ3v) is 5.43. The molecule has 1 aromatic heterocycles. The molecular weight excluding hydrogens is 400 g/mol. The molecule has 6 heteroatoms. The van der Waals surface area contributed by atoms with E-state index >= 15 is 0 Å². The molecule has 0 radical (unpaired) electrons. The van der Waals surface area contributed by atoms with Crippen molar-refractivity contribution in [1.29, 1.82) is 0 Å². The van der Waals surface area contributed by atoms with Crippen molar-refractivity contribution >= 4 is 28.3 Å². The number of amides is 1. The van der Waals surface area contributed by atoms with E-state index < -0.39 is 0 Å². The summed E-state index contributed by atoms with van der Waals surface area (Å²) in [6, 6.07) is 17.8. The molecular formula is C26H32N4O2. The maximum Gasteiger partial charge on any atom is 0.237 e. The number of aryl methyl sites for hydroxylation is 2. The third-order valence-electron chi connectivity index (χ3n) is 5.43. The fourth-order valence-corrected chi connectivity index (χ4v) is 3.74. The minimum absolute atomic E-state index is 0.0130. The lowest BCUT2D eigenvalue weighted by atomic mass is 10.0. The summed E-state index contributed by atoms with van der Waals surface area (Å²) in [6.45, 7) is 4.08. The van der Waals surface area contributed by atoms with Crippen molar-refractivity contribution in [3.05, 3.63) is 71.9 Å². The van der Waals surface area contributed by atoms with Crippen LogP contribution in [0, 0.1) is 0 Å². The lowest BCUT2D eigenvalue weighted by molar-refractivity contribution is -0.126. The molecule has 0 unspecified atom stereocenters. The van der Waals surface area contributed by atoms with Crippen molar-refractivity contribution in [2.45, 2.75) is 51.6 Å². The number of nitrogens with one attached hydrogen (secondary N) is 2. The Kier molecular flexibility index (Phi) is 8.34. The second kappa shape index (κ2) is 11.4. The quantitative estimate of drug-likeness (QED) is 0.431. The molecule has 1 atom stereocenters. The Bertz CT molecular complexity index is 1050. The van der Waals surface area contributed by atoms with E-state index in [1.165, 1.54) is 5.56 Å². The molecule has 2 aromatic carbocycles. The van der Waals surface area contributed by atoms with E-state index in [0.717, 1.165) is 22.8 Å². The highest BCUT2D eigenvalue weighted by Gasteiger charge is 2.19. The lowest BCUT2D eigenvalue weighted by Gasteiger charge is -2.20. The monoisotopic (exact) mass is 432 g/mol. The predicted molar refractivity (Wildman–Crippen MR) is 129 cm³/mol. The largest absolute Gasteiger partial charge is 0.383 e. The second-order valence-electron chi connectivity index (χ2n) is 8.41. The molecule has 0 aliphatic carbocycles. The first-order valence-corrected chi connectivity index (χ1v) is 11.1. The number of Topliss-reactive ketones (excluding diaryl/α,β-unsaturated/α-hetero) is 1. The van der Waals surface area contributed by atoms with Gasteiger partial charge in [0.2, 0.25) is 5.91 Å². The molecule has 32 heavy (non-hydrogen) atoms. The van der Waals surface area contributed by atoms with Crippen LogP contribution in [0.1, 0.15) is 37.8 Å². The zero-order valence-corrected chi connectivity index (χ0v) is 18.8. The zero-order valence-electron chi connectivity index (χ0n) is 18.8. The SMILES string of the molecule is CC(C)N[C@H](CCc1ccccc1)C(=O)NCC(=O)CCc1ccc2c(N)nccc2c1.